The van der Waals surface area contributed by atoms with E-state index in [1.165, 1.54) is 13.0 Å². The summed E-state index contributed by atoms with van der Waals surface area (Å²) in [7, 11) is 1.13. The lowest BCUT2D eigenvalue weighted by molar-refractivity contribution is 0.0591. The Morgan fingerprint density at radius 1 is 1.62 bits per heavy atom. The highest BCUT2D eigenvalue weighted by Gasteiger charge is 2.20. The third-order valence-corrected chi connectivity index (χ3v) is 1.95. The first kappa shape index (κ1) is 12.0. The molecule has 0 radical (unpaired) electrons. The SMILES string of the molecule is COC(=O)c1nc(C(F)F)c(C#N)cc1C. The monoisotopic (exact) mass is 226 g/mol. The molecule has 0 N–H and O–H groups in total. The van der Waals surface area contributed by atoms with Crippen LogP contribution in [0.1, 0.15) is 33.7 Å². The molecule has 0 saturated carbocycles. The zero-order valence-electron chi connectivity index (χ0n) is 8.62. The molecule has 0 spiro atoms. The number of hydrogen-bond donors (Lipinski definition) is 0. The lowest BCUT2D eigenvalue weighted by Gasteiger charge is -2.07. The molecular formula is C10H8F2N2O2. The van der Waals surface area contributed by atoms with Gasteiger partial charge in [0.2, 0.25) is 0 Å². The molecule has 1 aromatic heterocycles. The Balaban J connectivity index is 3.40. The first-order valence-corrected chi connectivity index (χ1v) is 4.29. The van der Waals surface area contributed by atoms with Crippen molar-refractivity contribution in [3.63, 3.8) is 0 Å². The molecule has 0 aromatic carbocycles. The van der Waals surface area contributed by atoms with Crippen LogP contribution >= 0.6 is 0 Å². The van der Waals surface area contributed by atoms with Crippen molar-refractivity contribution in [3.8, 4) is 6.07 Å². The second kappa shape index (κ2) is 4.66. The molecular weight excluding hydrogens is 218 g/mol. The van der Waals surface area contributed by atoms with Crippen LogP contribution in [-0.2, 0) is 4.74 Å². The minimum absolute atomic E-state index is 0.197. The number of nitrogens with zero attached hydrogens (tertiary/aromatic N) is 2. The highest BCUT2D eigenvalue weighted by molar-refractivity contribution is 5.89. The number of aryl methyl sites for hydroxylation is 1. The van der Waals surface area contributed by atoms with Crippen LogP contribution in [0.4, 0.5) is 8.78 Å². The van der Waals surface area contributed by atoms with Crippen LogP contribution < -0.4 is 0 Å². The fourth-order valence-electron chi connectivity index (χ4n) is 1.19. The predicted molar refractivity (Wildman–Crippen MR) is 50.0 cm³/mol. The molecule has 4 nitrogen and oxygen atoms in total. The van der Waals surface area contributed by atoms with Gasteiger partial charge in [-0.2, -0.15) is 5.26 Å². The molecule has 0 fully saturated rings. The smallest absolute Gasteiger partial charge is 0.356 e. The van der Waals surface area contributed by atoms with Crippen molar-refractivity contribution >= 4 is 5.97 Å². The van der Waals surface area contributed by atoms with Gasteiger partial charge in [-0.1, -0.05) is 0 Å². The fraction of sp³-hybridized carbons (Fsp3) is 0.300. The fourth-order valence-corrected chi connectivity index (χ4v) is 1.19. The normalized spacial score (nSPS) is 10.0. The van der Waals surface area contributed by atoms with Crippen LogP contribution in [0.25, 0.3) is 0 Å². The number of pyridine rings is 1. The number of alkyl halides is 2. The Kier molecular flexibility index (Phi) is 3.51. The Hall–Kier alpha value is -2.03. The van der Waals surface area contributed by atoms with E-state index in [1.807, 2.05) is 0 Å². The van der Waals surface area contributed by atoms with Crippen molar-refractivity contribution in [2.45, 2.75) is 13.3 Å². The van der Waals surface area contributed by atoms with E-state index in [2.05, 4.69) is 9.72 Å². The highest BCUT2D eigenvalue weighted by atomic mass is 19.3. The van der Waals surface area contributed by atoms with Gasteiger partial charge in [0.25, 0.3) is 6.43 Å². The molecule has 0 saturated heterocycles. The van der Waals surface area contributed by atoms with E-state index in [0.29, 0.717) is 5.56 Å². The number of methoxy groups -OCH3 is 1. The molecule has 84 valence electrons. The molecule has 0 aliphatic carbocycles. The summed E-state index contributed by atoms with van der Waals surface area (Å²) in [5.74, 6) is -0.802. The Bertz CT molecular complexity index is 467. The highest BCUT2D eigenvalue weighted by Crippen LogP contribution is 2.22. The van der Waals surface area contributed by atoms with Crippen LogP contribution in [0.3, 0.4) is 0 Å². The van der Waals surface area contributed by atoms with Crippen molar-refractivity contribution < 1.29 is 18.3 Å². The molecule has 0 unspecified atom stereocenters. The Morgan fingerprint density at radius 3 is 2.69 bits per heavy atom. The number of rotatable bonds is 2. The second-order valence-electron chi connectivity index (χ2n) is 2.99. The molecule has 0 atom stereocenters. The number of carbonyl (C=O) groups excluding carboxylic acids is 1. The molecule has 0 amide bonds. The summed E-state index contributed by atoms with van der Waals surface area (Å²) in [4.78, 5) is 14.7. The van der Waals surface area contributed by atoms with Crippen molar-refractivity contribution in [2.24, 2.45) is 0 Å². The molecule has 0 bridgehead atoms. The first-order valence-electron chi connectivity index (χ1n) is 4.29. The minimum atomic E-state index is -2.90. The summed E-state index contributed by atoms with van der Waals surface area (Å²) in [6.45, 7) is 1.50. The molecule has 1 aromatic rings. The van der Waals surface area contributed by atoms with E-state index < -0.39 is 18.1 Å². The van der Waals surface area contributed by atoms with Crippen LogP contribution in [0.15, 0.2) is 6.07 Å². The third-order valence-electron chi connectivity index (χ3n) is 1.95. The lowest BCUT2D eigenvalue weighted by Crippen LogP contribution is -2.10. The molecule has 1 rings (SSSR count). The van der Waals surface area contributed by atoms with Crippen molar-refractivity contribution in [2.75, 3.05) is 7.11 Å². The van der Waals surface area contributed by atoms with Crippen LogP contribution in [0, 0.1) is 18.3 Å². The number of aromatic nitrogens is 1. The summed E-state index contributed by atoms with van der Waals surface area (Å²) in [5, 5.41) is 8.64. The minimum Gasteiger partial charge on any atom is -0.464 e. The summed E-state index contributed by atoms with van der Waals surface area (Å²) in [6, 6.07) is 2.80. The number of carbonyl (C=O) groups is 1. The van der Waals surface area contributed by atoms with E-state index in [9.17, 15) is 13.6 Å². The van der Waals surface area contributed by atoms with Gasteiger partial charge in [-0.3, -0.25) is 0 Å². The number of nitriles is 1. The summed E-state index contributed by atoms with van der Waals surface area (Å²) >= 11 is 0. The summed E-state index contributed by atoms with van der Waals surface area (Å²) in [6.07, 6.45) is -2.90. The van der Waals surface area contributed by atoms with Gasteiger partial charge < -0.3 is 4.74 Å². The van der Waals surface area contributed by atoms with Crippen molar-refractivity contribution in [1.82, 2.24) is 4.98 Å². The van der Waals surface area contributed by atoms with Gasteiger partial charge in [0.05, 0.1) is 12.7 Å². The molecule has 0 aliphatic rings. The maximum absolute atomic E-state index is 12.5. The quantitative estimate of drug-likeness (QED) is 0.723. The van der Waals surface area contributed by atoms with Crippen molar-refractivity contribution in [1.29, 1.82) is 5.26 Å². The van der Waals surface area contributed by atoms with Gasteiger partial charge >= 0.3 is 5.97 Å². The summed E-state index contributed by atoms with van der Waals surface area (Å²) in [5.41, 5.74) is -0.807. The van der Waals surface area contributed by atoms with Gasteiger partial charge in [0.15, 0.2) is 5.69 Å². The van der Waals surface area contributed by atoms with E-state index in [4.69, 9.17) is 5.26 Å². The molecule has 0 aliphatic heterocycles. The van der Waals surface area contributed by atoms with Crippen molar-refractivity contribution in [3.05, 3.63) is 28.6 Å². The standard InChI is InChI=1S/C10H8F2N2O2/c1-5-3-6(4-13)8(9(11)12)14-7(5)10(15)16-2/h3,9H,1-2H3. The molecule has 16 heavy (non-hydrogen) atoms. The van der Waals surface area contributed by atoms with E-state index in [1.54, 1.807) is 6.07 Å². The van der Waals surface area contributed by atoms with Gasteiger partial charge in [0.1, 0.15) is 11.8 Å². The Morgan fingerprint density at radius 2 is 2.25 bits per heavy atom. The van der Waals surface area contributed by atoms with E-state index in [0.717, 1.165) is 7.11 Å². The van der Waals surface area contributed by atoms with Gasteiger partial charge in [0, 0.05) is 0 Å². The number of ether oxygens (including phenoxy) is 1. The molecule has 1 heterocycles. The topological polar surface area (TPSA) is 63.0 Å². The third kappa shape index (κ3) is 2.14. The Labute approximate surface area is 90.5 Å². The van der Waals surface area contributed by atoms with Gasteiger partial charge in [-0.05, 0) is 18.6 Å². The predicted octanol–water partition coefficient (Wildman–Crippen LogP) is 1.99. The first-order chi connectivity index (χ1) is 7.51. The van der Waals surface area contributed by atoms with E-state index in [-0.39, 0.29) is 11.3 Å². The number of hydrogen-bond acceptors (Lipinski definition) is 4. The average Bonchev–Trinajstić information content (AvgIpc) is 2.27. The average molecular weight is 226 g/mol. The zero-order chi connectivity index (χ0) is 12.3. The largest absolute Gasteiger partial charge is 0.464 e. The lowest BCUT2D eigenvalue weighted by atomic mass is 10.1. The van der Waals surface area contributed by atoms with Gasteiger partial charge in [-0.15, -0.1) is 0 Å². The van der Waals surface area contributed by atoms with Crippen LogP contribution in [0.5, 0.6) is 0 Å². The summed E-state index contributed by atoms with van der Waals surface area (Å²) < 4.78 is 29.5. The maximum atomic E-state index is 12.5. The zero-order valence-corrected chi connectivity index (χ0v) is 8.62. The van der Waals surface area contributed by atoms with E-state index >= 15 is 0 Å². The molecule has 6 heteroatoms. The maximum Gasteiger partial charge on any atom is 0.356 e. The number of halogens is 2. The van der Waals surface area contributed by atoms with Gasteiger partial charge in [-0.25, -0.2) is 18.6 Å². The second-order valence-corrected chi connectivity index (χ2v) is 2.99. The van der Waals surface area contributed by atoms with Crippen LogP contribution in [-0.4, -0.2) is 18.1 Å². The van der Waals surface area contributed by atoms with Crippen LogP contribution in [0.2, 0.25) is 0 Å². The number of esters is 1.